The lowest BCUT2D eigenvalue weighted by molar-refractivity contribution is -0.179. The number of hydrogen-bond acceptors (Lipinski definition) is 6. The van der Waals surface area contributed by atoms with Gasteiger partial charge in [0.05, 0.1) is 30.4 Å². The highest BCUT2D eigenvalue weighted by Crippen LogP contribution is 2.33. The highest BCUT2D eigenvalue weighted by Gasteiger charge is 2.37. The van der Waals surface area contributed by atoms with Crippen LogP contribution in [0.15, 0.2) is 47.4 Å². The van der Waals surface area contributed by atoms with Gasteiger partial charge >= 0.3 is 0 Å². The summed E-state index contributed by atoms with van der Waals surface area (Å²) < 4.78 is 17.3. The van der Waals surface area contributed by atoms with Crippen molar-refractivity contribution in [2.45, 2.75) is 42.2 Å². The Labute approximate surface area is 172 Å². The van der Waals surface area contributed by atoms with Gasteiger partial charge in [0, 0.05) is 28.4 Å². The quantitative estimate of drug-likeness (QED) is 0.648. The molecule has 2 aromatic carbocycles. The molecule has 1 fully saturated rings. The van der Waals surface area contributed by atoms with Crippen molar-refractivity contribution in [3.8, 4) is 6.07 Å². The van der Waals surface area contributed by atoms with E-state index < -0.39 is 35.2 Å². The number of aliphatic hydroxyl groups is 3. The molecule has 29 heavy (non-hydrogen) atoms. The lowest BCUT2D eigenvalue weighted by Crippen LogP contribution is -2.44. The van der Waals surface area contributed by atoms with Crippen LogP contribution in [0, 0.1) is 11.3 Å². The molecule has 0 saturated carbocycles. The lowest BCUT2D eigenvalue weighted by Gasteiger charge is -2.37. The van der Waals surface area contributed by atoms with Crippen molar-refractivity contribution in [1.29, 1.82) is 5.26 Å². The number of aliphatic hydroxyl groups excluding tert-OH is 3. The van der Waals surface area contributed by atoms with Gasteiger partial charge in [-0.2, -0.15) is 5.26 Å². The first-order chi connectivity index (χ1) is 13.4. The Morgan fingerprint density at radius 1 is 1.21 bits per heavy atom. The van der Waals surface area contributed by atoms with Crippen molar-refractivity contribution in [2.24, 2.45) is 0 Å². The summed E-state index contributed by atoms with van der Waals surface area (Å²) in [6.45, 7) is -0.242. The molecule has 5 atom stereocenters. The average Bonchev–Trinajstić information content (AvgIpc) is 2.70. The normalized spacial score (nSPS) is 24.9. The SMILES string of the molecule is CS(=O)c1ccc(Cc2cc([C@@H]3O[C@H](CO)C[C@H](O)[C@H]3O)ccc2C#N)cc1.O. The minimum Gasteiger partial charge on any atom is -0.412 e. The maximum Gasteiger partial charge on any atom is 0.111 e. The molecule has 0 spiro atoms. The maximum absolute atomic E-state index is 11.5. The van der Waals surface area contributed by atoms with E-state index in [-0.39, 0.29) is 18.5 Å². The summed E-state index contributed by atoms with van der Waals surface area (Å²) in [6.07, 6.45) is -1.15. The number of nitrogens with zero attached hydrogens (tertiary/aromatic N) is 1. The fraction of sp³-hybridized carbons (Fsp3) is 0.381. The minimum atomic E-state index is -1.11. The number of ether oxygens (including phenoxy) is 1. The Morgan fingerprint density at radius 3 is 2.48 bits per heavy atom. The second-order valence-electron chi connectivity index (χ2n) is 6.96. The smallest absolute Gasteiger partial charge is 0.111 e. The summed E-state index contributed by atoms with van der Waals surface area (Å²) in [7, 11) is -1.05. The summed E-state index contributed by atoms with van der Waals surface area (Å²) in [6, 6.07) is 14.7. The zero-order chi connectivity index (χ0) is 20.3. The van der Waals surface area contributed by atoms with E-state index in [0.29, 0.717) is 17.5 Å². The van der Waals surface area contributed by atoms with E-state index in [9.17, 15) is 24.8 Å². The molecule has 7 nitrogen and oxygen atoms in total. The first-order valence-electron chi connectivity index (χ1n) is 9.00. The van der Waals surface area contributed by atoms with Crippen molar-refractivity contribution in [3.05, 3.63) is 64.7 Å². The molecule has 0 aliphatic carbocycles. The van der Waals surface area contributed by atoms with Crippen LogP contribution < -0.4 is 0 Å². The van der Waals surface area contributed by atoms with Crippen LogP contribution in [0.3, 0.4) is 0 Å². The molecule has 1 saturated heterocycles. The van der Waals surface area contributed by atoms with Gasteiger partial charge < -0.3 is 25.5 Å². The van der Waals surface area contributed by atoms with Crippen LogP contribution in [0.25, 0.3) is 0 Å². The first kappa shape index (κ1) is 23.2. The van der Waals surface area contributed by atoms with Gasteiger partial charge in [0.2, 0.25) is 0 Å². The summed E-state index contributed by atoms with van der Waals surface area (Å²) in [5.41, 5.74) is 2.88. The molecule has 1 unspecified atom stereocenters. The molecular weight excluding hydrogens is 394 g/mol. The van der Waals surface area contributed by atoms with Gasteiger partial charge in [0.15, 0.2) is 0 Å². The van der Waals surface area contributed by atoms with E-state index in [1.165, 1.54) is 0 Å². The Balaban J connectivity index is 0.00000300. The zero-order valence-electron chi connectivity index (χ0n) is 16.0. The van der Waals surface area contributed by atoms with Gasteiger partial charge in [-0.25, -0.2) is 0 Å². The van der Waals surface area contributed by atoms with Gasteiger partial charge in [-0.05, 0) is 41.3 Å². The molecule has 0 radical (unpaired) electrons. The van der Waals surface area contributed by atoms with Gasteiger partial charge in [-0.3, -0.25) is 4.21 Å². The van der Waals surface area contributed by atoms with Crippen molar-refractivity contribution in [1.82, 2.24) is 0 Å². The van der Waals surface area contributed by atoms with Crippen molar-refractivity contribution in [3.63, 3.8) is 0 Å². The standard InChI is InChI=1S/C21H23NO5S.H2O/c1-28(26)18-6-2-13(3-7-18)8-16-9-14(4-5-15(16)11-22)21-20(25)19(24)10-17(12-23)27-21;/h2-7,9,17,19-21,23-25H,8,10,12H2,1H3;1H2/t17-,19-,20+,21-,28?;/m0./s1. The van der Waals surface area contributed by atoms with E-state index >= 15 is 0 Å². The fourth-order valence-corrected chi connectivity index (χ4v) is 3.93. The van der Waals surface area contributed by atoms with Crippen molar-refractivity contribution >= 4 is 10.8 Å². The maximum atomic E-state index is 11.5. The van der Waals surface area contributed by atoms with Gasteiger partial charge in [0.25, 0.3) is 0 Å². The summed E-state index contributed by atoms with van der Waals surface area (Å²) in [5.74, 6) is 0. The predicted molar refractivity (Wildman–Crippen MR) is 108 cm³/mol. The zero-order valence-corrected chi connectivity index (χ0v) is 16.8. The average molecular weight is 419 g/mol. The second-order valence-corrected chi connectivity index (χ2v) is 8.34. The number of benzene rings is 2. The Morgan fingerprint density at radius 2 is 1.90 bits per heavy atom. The predicted octanol–water partition coefficient (Wildman–Crippen LogP) is 0.606. The molecule has 3 rings (SSSR count). The van der Waals surface area contributed by atoms with Crippen LogP contribution in [-0.4, -0.2) is 56.2 Å². The van der Waals surface area contributed by atoms with Crippen molar-refractivity contribution < 1.29 is 29.7 Å². The van der Waals surface area contributed by atoms with Crippen molar-refractivity contribution in [2.75, 3.05) is 12.9 Å². The highest BCUT2D eigenvalue weighted by molar-refractivity contribution is 7.84. The number of hydrogen-bond donors (Lipinski definition) is 3. The monoisotopic (exact) mass is 419 g/mol. The molecule has 1 heterocycles. The molecule has 0 amide bonds. The molecule has 2 aromatic rings. The third-order valence-corrected chi connectivity index (χ3v) is 5.92. The summed E-state index contributed by atoms with van der Waals surface area (Å²) in [4.78, 5) is 0.737. The van der Waals surface area contributed by atoms with Crippen LogP contribution in [0.1, 0.15) is 34.8 Å². The van der Waals surface area contributed by atoms with E-state index in [1.54, 1.807) is 36.6 Å². The third kappa shape index (κ3) is 5.28. The highest BCUT2D eigenvalue weighted by atomic mass is 32.2. The summed E-state index contributed by atoms with van der Waals surface area (Å²) >= 11 is 0. The van der Waals surface area contributed by atoms with E-state index in [0.717, 1.165) is 16.0 Å². The van der Waals surface area contributed by atoms with E-state index in [4.69, 9.17) is 4.74 Å². The van der Waals surface area contributed by atoms with Crippen LogP contribution >= 0.6 is 0 Å². The molecule has 0 aromatic heterocycles. The molecule has 8 heteroatoms. The fourth-order valence-electron chi connectivity index (χ4n) is 3.41. The topological polar surface area (TPSA) is 142 Å². The van der Waals surface area contributed by atoms with Crippen LogP contribution in [-0.2, 0) is 22.0 Å². The van der Waals surface area contributed by atoms with Gasteiger partial charge in [-0.15, -0.1) is 0 Å². The van der Waals surface area contributed by atoms with Crippen LogP contribution in [0.2, 0.25) is 0 Å². The Bertz CT molecular complexity index is 895. The molecule has 156 valence electrons. The van der Waals surface area contributed by atoms with Crippen LogP contribution in [0.5, 0.6) is 0 Å². The molecule has 0 bridgehead atoms. The second kappa shape index (κ2) is 10.1. The third-order valence-electron chi connectivity index (χ3n) is 4.98. The number of rotatable bonds is 5. The Hall–Kier alpha value is -2.12. The van der Waals surface area contributed by atoms with Crippen LogP contribution in [0.4, 0.5) is 0 Å². The van der Waals surface area contributed by atoms with E-state index in [1.807, 2.05) is 12.1 Å². The molecule has 1 aliphatic rings. The Kier molecular flexibility index (Phi) is 8.05. The molecule has 5 N–H and O–H groups in total. The molecule has 1 aliphatic heterocycles. The minimum absolute atomic E-state index is 0. The van der Waals surface area contributed by atoms with Gasteiger partial charge in [-0.1, -0.05) is 24.3 Å². The molecular formula is C21H25NO6S. The summed E-state index contributed by atoms with van der Waals surface area (Å²) in [5, 5.41) is 39.2. The first-order valence-corrected chi connectivity index (χ1v) is 10.6. The number of nitriles is 1. The largest absolute Gasteiger partial charge is 0.412 e. The van der Waals surface area contributed by atoms with Gasteiger partial charge in [0.1, 0.15) is 12.2 Å². The van der Waals surface area contributed by atoms with E-state index in [2.05, 4.69) is 6.07 Å². The lowest BCUT2D eigenvalue weighted by atomic mass is 9.90.